The van der Waals surface area contributed by atoms with Crippen LogP contribution in [0.25, 0.3) is 0 Å². The Labute approximate surface area is 90.4 Å². The zero-order valence-electron chi connectivity index (χ0n) is 7.50. The smallest absolute Gasteiger partial charge is 0.183 e. The largest absolute Gasteiger partial charge is 0.493 e. The summed E-state index contributed by atoms with van der Waals surface area (Å²) >= 11 is 3.31. The summed E-state index contributed by atoms with van der Waals surface area (Å²) in [5.41, 5.74) is 6.27. The van der Waals surface area contributed by atoms with Gasteiger partial charge in [0.1, 0.15) is 5.75 Å². The zero-order valence-corrected chi connectivity index (χ0v) is 9.08. The van der Waals surface area contributed by atoms with E-state index < -0.39 is 6.04 Å². The molecule has 2 rings (SSSR count). The van der Waals surface area contributed by atoms with Crippen molar-refractivity contribution in [2.24, 2.45) is 5.73 Å². The number of Topliss-reactive ketones (excluding diaryl/α,β-unsaturated/α-hetero) is 1. The fourth-order valence-corrected chi connectivity index (χ4v) is 1.81. The average Bonchev–Trinajstić information content (AvgIpc) is 2.30. The molecule has 0 saturated carbocycles. The summed E-state index contributed by atoms with van der Waals surface area (Å²) in [6.45, 7) is 0.502. The molecule has 1 atom stereocenters. The van der Waals surface area contributed by atoms with Crippen LogP contribution in [0.1, 0.15) is 16.8 Å². The molecule has 0 unspecified atom stereocenters. The zero-order chi connectivity index (χ0) is 10.1. The molecule has 1 aliphatic rings. The molecule has 0 spiro atoms. The van der Waals surface area contributed by atoms with Crippen LogP contribution >= 0.6 is 15.9 Å². The molecule has 1 aliphatic heterocycles. The molecule has 1 heterocycles. The maximum absolute atomic E-state index is 11.8. The molecule has 74 valence electrons. The average molecular weight is 256 g/mol. The lowest BCUT2D eigenvalue weighted by molar-refractivity contribution is 0.0960. The Bertz CT molecular complexity index is 378. The Balaban J connectivity index is 2.50. The van der Waals surface area contributed by atoms with E-state index in [1.165, 1.54) is 0 Å². The van der Waals surface area contributed by atoms with Crippen molar-refractivity contribution in [2.45, 2.75) is 12.5 Å². The molecule has 14 heavy (non-hydrogen) atoms. The molecule has 1 aromatic carbocycles. The summed E-state index contributed by atoms with van der Waals surface area (Å²) in [5.74, 6) is 0.588. The quantitative estimate of drug-likeness (QED) is 0.769. The number of ketones is 1. The highest BCUT2D eigenvalue weighted by molar-refractivity contribution is 9.10. The van der Waals surface area contributed by atoms with Crippen molar-refractivity contribution < 1.29 is 9.53 Å². The van der Waals surface area contributed by atoms with Crippen LogP contribution in [0.15, 0.2) is 22.7 Å². The monoisotopic (exact) mass is 255 g/mol. The summed E-state index contributed by atoms with van der Waals surface area (Å²) in [6.07, 6.45) is 0.575. The fourth-order valence-electron chi connectivity index (χ4n) is 1.45. The Hall–Kier alpha value is -0.870. The maximum atomic E-state index is 11.8. The van der Waals surface area contributed by atoms with Gasteiger partial charge in [0, 0.05) is 10.9 Å². The summed E-state index contributed by atoms with van der Waals surface area (Å²) in [7, 11) is 0. The lowest BCUT2D eigenvalue weighted by Crippen LogP contribution is -2.30. The second kappa shape index (κ2) is 3.71. The predicted octanol–water partition coefficient (Wildman–Crippen LogP) is 1.74. The highest BCUT2D eigenvalue weighted by atomic mass is 79.9. The van der Waals surface area contributed by atoms with E-state index in [2.05, 4.69) is 15.9 Å². The van der Waals surface area contributed by atoms with E-state index >= 15 is 0 Å². The lowest BCUT2D eigenvalue weighted by Gasteiger charge is -2.06. The van der Waals surface area contributed by atoms with E-state index in [9.17, 15) is 4.79 Å². The SMILES string of the molecule is N[C@H]1CCOc2ccc(Br)cc2C1=O. The van der Waals surface area contributed by atoms with Gasteiger partial charge in [0.25, 0.3) is 0 Å². The van der Waals surface area contributed by atoms with Crippen LogP contribution in [-0.4, -0.2) is 18.4 Å². The molecule has 0 aliphatic carbocycles. The Kier molecular flexibility index (Phi) is 2.56. The second-order valence-electron chi connectivity index (χ2n) is 3.25. The van der Waals surface area contributed by atoms with Crippen molar-refractivity contribution in [1.29, 1.82) is 0 Å². The third-order valence-corrected chi connectivity index (χ3v) is 2.72. The van der Waals surface area contributed by atoms with Gasteiger partial charge in [-0.3, -0.25) is 4.79 Å². The number of hydrogen-bond donors (Lipinski definition) is 1. The van der Waals surface area contributed by atoms with E-state index in [0.29, 0.717) is 24.3 Å². The Morgan fingerprint density at radius 2 is 2.29 bits per heavy atom. The first-order chi connectivity index (χ1) is 6.68. The standard InChI is InChI=1S/C10H10BrNO2/c11-6-1-2-9-7(5-6)10(13)8(12)3-4-14-9/h1-2,5,8H,3-4,12H2/t8-/m0/s1. The van der Waals surface area contributed by atoms with Crippen LogP contribution in [0.3, 0.4) is 0 Å². The van der Waals surface area contributed by atoms with Crippen LogP contribution in [0, 0.1) is 0 Å². The van der Waals surface area contributed by atoms with Crippen LogP contribution in [0.4, 0.5) is 0 Å². The third-order valence-electron chi connectivity index (χ3n) is 2.23. The number of rotatable bonds is 0. The number of ether oxygens (including phenoxy) is 1. The van der Waals surface area contributed by atoms with Gasteiger partial charge in [-0.2, -0.15) is 0 Å². The van der Waals surface area contributed by atoms with Crippen molar-refractivity contribution in [3.63, 3.8) is 0 Å². The number of nitrogens with two attached hydrogens (primary N) is 1. The minimum Gasteiger partial charge on any atom is -0.493 e. The highest BCUT2D eigenvalue weighted by Crippen LogP contribution is 2.26. The molecule has 0 bridgehead atoms. The molecule has 2 N–H and O–H groups in total. The molecule has 4 heteroatoms. The fraction of sp³-hybridized carbons (Fsp3) is 0.300. The number of benzene rings is 1. The Morgan fingerprint density at radius 3 is 3.07 bits per heavy atom. The third kappa shape index (κ3) is 1.67. The lowest BCUT2D eigenvalue weighted by atomic mass is 10.0. The summed E-state index contributed by atoms with van der Waals surface area (Å²) in [4.78, 5) is 11.8. The van der Waals surface area contributed by atoms with Gasteiger partial charge in [0.05, 0.1) is 18.2 Å². The van der Waals surface area contributed by atoms with Gasteiger partial charge in [-0.25, -0.2) is 0 Å². The normalized spacial score (nSPS) is 21.0. The molecule has 0 saturated heterocycles. The van der Waals surface area contributed by atoms with Gasteiger partial charge >= 0.3 is 0 Å². The van der Waals surface area contributed by atoms with Gasteiger partial charge in [-0.15, -0.1) is 0 Å². The van der Waals surface area contributed by atoms with Crippen LogP contribution in [0.5, 0.6) is 5.75 Å². The first kappa shape index (κ1) is 9.68. The summed E-state index contributed by atoms with van der Waals surface area (Å²) in [6, 6.07) is 4.95. The number of halogens is 1. The van der Waals surface area contributed by atoms with Crippen molar-refractivity contribution in [3.05, 3.63) is 28.2 Å². The van der Waals surface area contributed by atoms with Gasteiger partial charge in [-0.1, -0.05) is 15.9 Å². The molecular weight excluding hydrogens is 246 g/mol. The molecule has 0 amide bonds. The molecule has 0 fully saturated rings. The Morgan fingerprint density at radius 1 is 1.50 bits per heavy atom. The van der Waals surface area contributed by atoms with Crippen LogP contribution < -0.4 is 10.5 Å². The number of hydrogen-bond acceptors (Lipinski definition) is 3. The van der Waals surface area contributed by atoms with Gasteiger partial charge in [0.2, 0.25) is 0 Å². The summed E-state index contributed by atoms with van der Waals surface area (Å²) in [5, 5.41) is 0. The molecule has 0 aromatic heterocycles. The maximum Gasteiger partial charge on any atom is 0.183 e. The minimum absolute atomic E-state index is 0.0428. The molecular formula is C10H10BrNO2. The van der Waals surface area contributed by atoms with Gasteiger partial charge in [0.15, 0.2) is 5.78 Å². The van der Waals surface area contributed by atoms with Crippen molar-refractivity contribution >= 4 is 21.7 Å². The van der Waals surface area contributed by atoms with Crippen molar-refractivity contribution in [2.75, 3.05) is 6.61 Å². The van der Waals surface area contributed by atoms with Crippen LogP contribution in [0.2, 0.25) is 0 Å². The first-order valence-corrected chi connectivity index (χ1v) is 5.20. The highest BCUT2D eigenvalue weighted by Gasteiger charge is 2.23. The molecule has 1 aromatic rings. The van der Waals surface area contributed by atoms with E-state index in [0.717, 1.165) is 4.47 Å². The van der Waals surface area contributed by atoms with E-state index in [4.69, 9.17) is 10.5 Å². The molecule has 3 nitrogen and oxygen atoms in total. The predicted molar refractivity (Wildman–Crippen MR) is 56.6 cm³/mol. The molecule has 0 radical (unpaired) electrons. The second-order valence-corrected chi connectivity index (χ2v) is 4.16. The van der Waals surface area contributed by atoms with Crippen molar-refractivity contribution in [3.8, 4) is 5.75 Å². The van der Waals surface area contributed by atoms with Gasteiger partial charge in [-0.05, 0) is 18.2 Å². The number of carbonyl (C=O) groups excluding carboxylic acids is 1. The number of fused-ring (bicyclic) bond motifs is 1. The summed E-state index contributed by atoms with van der Waals surface area (Å²) < 4.78 is 6.29. The first-order valence-electron chi connectivity index (χ1n) is 4.40. The topological polar surface area (TPSA) is 52.3 Å². The van der Waals surface area contributed by atoms with Crippen LogP contribution in [-0.2, 0) is 0 Å². The number of carbonyl (C=O) groups is 1. The van der Waals surface area contributed by atoms with E-state index in [-0.39, 0.29) is 5.78 Å². The van der Waals surface area contributed by atoms with Crippen molar-refractivity contribution in [1.82, 2.24) is 0 Å². The van der Waals surface area contributed by atoms with E-state index in [1.807, 2.05) is 6.07 Å². The van der Waals surface area contributed by atoms with E-state index in [1.54, 1.807) is 12.1 Å². The van der Waals surface area contributed by atoms with Gasteiger partial charge < -0.3 is 10.5 Å². The minimum atomic E-state index is -0.439.